The zero-order valence-electron chi connectivity index (χ0n) is 14.0. The van der Waals surface area contributed by atoms with E-state index >= 15 is 0 Å². The van der Waals surface area contributed by atoms with Crippen LogP contribution in [0.15, 0.2) is 41.8 Å². The average molecular weight is 331 g/mol. The Hall–Kier alpha value is -1.81. The number of ether oxygens (including phenoxy) is 1. The van der Waals surface area contributed by atoms with Gasteiger partial charge in [0.25, 0.3) is 0 Å². The molecule has 0 bridgehead atoms. The second-order valence-electron chi connectivity index (χ2n) is 6.00. The molecule has 0 unspecified atom stereocenters. The van der Waals surface area contributed by atoms with Crippen LogP contribution in [0.4, 0.5) is 0 Å². The number of carbonyl (C=O) groups excluding carboxylic acids is 1. The predicted molar refractivity (Wildman–Crippen MR) is 96.0 cm³/mol. The summed E-state index contributed by atoms with van der Waals surface area (Å²) in [4.78, 5) is 13.6. The summed E-state index contributed by atoms with van der Waals surface area (Å²) in [5.41, 5.74) is 1.12. The molecule has 3 nitrogen and oxygen atoms in total. The summed E-state index contributed by atoms with van der Waals surface area (Å²) in [6.45, 7) is 4.25. The van der Waals surface area contributed by atoms with E-state index in [-0.39, 0.29) is 11.9 Å². The number of benzene rings is 1. The molecule has 0 aliphatic heterocycles. The smallest absolute Gasteiger partial charge is 0.220 e. The molecule has 0 saturated heterocycles. The minimum absolute atomic E-state index is 0.0372. The monoisotopic (exact) mass is 331 g/mol. The van der Waals surface area contributed by atoms with Crippen molar-refractivity contribution in [3.8, 4) is 5.75 Å². The van der Waals surface area contributed by atoms with E-state index in [1.165, 1.54) is 4.88 Å². The van der Waals surface area contributed by atoms with Gasteiger partial charge in [-0.15, -0.1) is 11.3 Å². The molecule has 1 heterocycles. The highest BCUT2D eigenvalue weighted by molar-refractivity contribution is 7.09. The molecule has 4 heteroatoms. The van der Waals surface area contributed by atoms with Crippen LogP contribution >= 0.6 is 11.3 Å². The van der Waals surface area contributed by atoms with Crippen molar-refractivity contribution in [1.29, 1.82) is 0 Å². The molecule has 0 spiro atoms. The van der Waals surface area contributed by atoms with Crippen LogP contribution in [0, 0.1) is 5.92 Å². The van der Waals surface area contributed by atoms with Crippen LogP contribution < -0.4 is 10.1 Å². The van der Waals surface area contributed by atoms with Crippen LogP contribution in [0.25, 0.3) is 0 Å². The summed E-state index contributed by atoms with van der Waals surface area (Å²) in [5.74, 6) is 1.29. The quantitative estimate of drug-likeness (QED) is 0.768. The maximum atomic E-state index is 12.3. The molecule has 1 amide bonds. The molecule has 1 aromatic carbocycles. The van der Waals surface area contributed by atoms with Gasteiger partial charge in [0.1, 0.15) is 5.75 Å². The summed E-state index contributed by atoms with van der Waals surface area (Å²) < 4.78 is 5.19. The lowest BCUT2D eigenvalue weighted by atomic mass is 9.95. The number of carbonyl (C=O) groups is 1. The van der Waals surface area contributed by atoms with Crippen molar-refractivity contribution in [3.05, 3.63) is 52.2 Å². The third kappa shape index (κ3) is 5.39. The molecule has 0 fully saturated rings. The zero-order valence-corrected chi connectivity index (χ0v) is 14.9. The van der Waals surface area contributed by atoms with E-state index in [0.29, 0.717) is 12.3 Å². The standard InChI is InChI=1S/C19H25NO2S/c1-14(2)19(15-9-11-16(22-3)12-10-15)20-18(21)8-4-6-17-7-5-13-23-17/h5,7,9-14,19H,4,6,8H2,1-3H3,(H,20,21)/t19-/m1/s1. The highest BCUT2D eigenvalue weighted by Gasteiger charge is 2.18. The van der Waals surface area contributed by atoms with Crippen LogP contribution in [0.3, 0.4) is 0 Å². The maximum absolute atomic E-state index is 12.3. The van der Waals surface area contributed by atoms with Crippen molar-refractivity contribution in [2.75, 3.05) is 7.11 Å². The fraction of sp³-hybridized carbons (Fsp3) is 0.421. The number of rotatable bonds is 8. The lowest BCUT2D eigenvalue weighted by Gasteiger charge is -2.23. The summed E-state index contributed by atoms with van der Waals surface area (Å²) in [6, 6.07) is 12.1. The summed E-state index contributed by atoms with van der Waals surface area (Å²) in [6.07, 6.45) is 2.43. The van der Waals surface area contributed by atoms with Gasteiger partial charge < -0.3 is 10.1 Å². The first-order chi connectivity index (χ1) is 11.1. The van der Waals surface area contributed by atoms with Gasteiger partial charge >= 0.3 is 0 Å². The average Bonchev–Trinajstić information content (AvgIpc) is 3.06. The first-order valence-electron chi connectivity index (χ1n) is 8.06. The van der Waals surface area contributed by atoms with Gasteiger partial charge in [-0.25, -0.2) is 0 Å². The molecule has 1 aromatic heterocycles. The molecule has 0 saturated carbocycles. The fourth-order valence-electron chi connectivity index (χ4n) is 2.57. The predicted octanol–water partition coefficient (Wildman–Crippen LogP) is 4.59. The van der Waals surface area contributed by atoms with Crippen LogP contribution in [-0.4, -0.2) is 13.0 Å². The highest BCUT2D eigenvalue weighted by atomic mass is 32.1. The molecule has 2 rings (SSSR count). The summed E-state index contributed by atoms with van der Waals surface area (Å²) in [7, 11) is 1.66. The van der Waals surface area contributed by atoms with E-state index in [0.717, 1.165) is 24.2 Å². The molecule has 1 atom stereocenters. The second kappa shape index (κ2) is 8.73. The van der Waals surface area contributed by atoms with Crippen molar-refractivity contribution >= 4 is 17.2 Å². The van der Waals surface area contributed by atoms with Gasteiger partial charge in [0.05, 0.1) is 13.2 Å². The van der Waals surface area contributed by atoms with Crippen molar-refractivity contribution in [2.24, 2.45) is 5.92 Å². The number of methoxy groups -OCH3 is 1. The first-order valence-corrected chi connectivity index (χ1v) is 8.94. The summed E-state index contributed by atoms with van der Waals surface area (Å²) >= 11 is 1.75. The number of hydrogen-bond donors (Lipinski definition) is 1. The van der Waals surface area contributed by atoms with Gasteiger partial charge in [-0.1, -0.05) is 32.0 Å². The molecule has 0 aliphatic rings. The molecule has 0 aliphatic carbocycles. The third-order valence-electron chi connectivity index (χ3n) is 3.87. The number of nitrogens with one attached hydrogen (secondary N) is 1. The van der Waals surface area contributed by atoms with Crippen molar-refractivity contribution in [3.63, 3.8) is 0 Å². The van der Waals surface area contributed by atoms with E-state index in [1.807, 2.05) is 24.3 Å². The van der Waals surface area contributed by atoms with E-state index in [2.05, 4.69) is 36.7 Å². The normalized spacial score (nSPS) is 12.2. The summed E-state index contributed by atoms with van der Waals surface area (Å²) in [5, 5.41) is 5.25. The van der Waals surface area contributed by atoms with Crippen molar-refractivity contribution < 1.29 is 9.53 Å². The van der Waals surface area contributed by atoms with E-state index in [4.69, 9.17) is 4.74 Å². The Bertz CT molecular complexity index is 590. The molecule has 124 valence electrons. The number of amides is 1. The van der Waals surface area contributed by atoms with Crippen LogP contribution in [-0.2, 0) is 11.2 Å². The zero-order chi connectivity index (χ0) is 16.7. The minimum Gasteiger partial charge on any atom is -0.497 e. The van der Waals surface area contributed by atoms with Gasteiger partial charge in [0.2, 0.25) is 5.91 Å². The largest absolute Gasteiger partial charge is 0.497 e. The second-order valence-corrected chi connectivity index (χ2v) is 7.03. The Morgan fingerprint density at radius 1 is 1.22 bits per heavy atom. The van der Waals surface area contributed by atoms with E-state index < -0.39 is 0 Å². The molecular formula is C19H25NO2S. The molecule has 1 N–H and O–H groups in total. The lowest BCUT2D eigenvalue weighted by molar-refractivity contribution is -0.122. The number of thiophene rings is 1. The molecule has 0 radical (unpaired) electrons. The Morgan fingerprint density at radius 3 is 2.52 bits per heavy atom. The lowest BCUT2D eigenvalue weighted by Crippen LogP contribution is -2.31. The van der Waals surface area contributed by atoms with Gasteiger partial charge in [-0.2, -0.15) is 0 Å². The van der Waals surface area contributed by atoms with Gasteiger partial charge in [0, 0.05) is 11.3 Å². The maximum Gasteiger partial charge on any atom is 0.220 e. The van der Waals surface area contributed by atoms with Gasteiger partial charge in [-0.05, 0) is 47.9 Å². The molecular weight excluding hydrogens is 306 g/mol. The van der Waals surface area contributed by atoms with E-state index in [9.17, 15) is 4.79 Å². The van der Waals surface area contributed by atoms with Crippen molar-refractivity contribution in [2.45, 2.75) is 39.2 Å². The Balaban J connectivity index is 1.88. The molecule has 23 heavy (non-hydrogen) atoms. The molecule has 2 aromatic rings. The Kier molecular flexibility index (Phi) is 6.66. The third-order valence-corrected chi connectivity index (χ3v) is 4.80. The van der Waals surface area contributed by atoms with Crippen LogP contribution in [0.2, 0.25) is 0 Å². The first kappa shape index (κ1) is 17.5. The number of aryl methyl sites for hydroxylation is 1. The van der Waals surface area contributed by atoms with Gasteiger partial charge in [-0.3, -0.25) is 4.79 Å². The SMILES string of the molecule is COc1ccc([C@H](NC(=O)CCCc2cccs2)C(C)C)cc1. The Morgan fingerprint density at radius 2 is 1.96 bits per heavy atom. The van der Waals surface area contributed by atoms with E-state index in [1.54, 1.807) is 18.4 Å². The van der Waals surface area contributed by atoms with Crippen molar-refractivity contribution in [1.82, 2.24) is 5.32 Å². The fourth-order valence-corrected chi connectivity index (χ4v) is 3.32. The topological polar surface area (TPSA) is 38.3 Å². The number of hydrogen-bond acceptors (Lipinski definition) is 3. The Labute approximate surface area is 142 Å². The van der Waals surface area contributed by atoms with Gasteiger partial charge in [0.15, 0.2) is 0 Å². The minimum atomic E-state index is 0.0372. The highest BCUT2D eigenvalue weighted by Crippen LogP contribution is 2.24. The van der Waals surface area contributed by atoms with Crippen LogP contribution in [0.5, 0.6) is 5.75 Å². The van der Waals surface area contributed by atoms with Crippen LogP contribution in [0.1, 0.15) is 43.2 Å².